The number of fused-ring (bicyclic) bond motifs is 3. The highest BCUT2D eigenvalue weighted by Crippen LogP contribution is 2.45. The van der Waals surface area contributed by atoms with Gasteiger partial charge in [0.25, 0.3) is 0 Å². The van der Waals surface area contributed by atoms with E-state index >= 15 is 0 Å². The fourth-order valence-corrected chi connectivity index (χ4v) is 4.27. The summed E-state index contributed by atoms with van der Waals surface area (Å²) in [4.78, 5) is 17.5. The SMILES string of the molecule is COc1ccccc1NC(=O)N1c2ccc(C)cc2[C@H]2CN(C)CC[C@H]21. The molecule has 2 amide bonds. The van der Waals surface area contributed by atoms with Crippen molar-refractivity contribution in [3.05, 3.63) is 53.6 Å². The molecule has 136 valence electrons. The molecule has 1 N–H and O–H groups in total. The summed E-state index contributed by atoms with van der Waals surface area (Å²) in [5, 5.41) is 3.05. The van der Waals surface area contributed by atoms with Gasteiger partial charge < -0.3 is 15.0 Å². The molecule has 0 unspecified atom stereocenters. The Labute approximate surface area is 154 Å². The minimum Gasteiger partial charge on any atom is -0.495 e. The maximum absolute atomic E-state index is 13.2. The number of likely N-dealkylation sites (tertiary alicyclic amines) is 1. The Morgan fingerprint density at radius 3 is 2.85 bits per heavy atom. The van der Waals surface area contributed by atoms with Gasteiger partial charge in [0.2, 0.25) is 0 Å². The van der Waals surface area contributed by atoms with Crippen LogP contribution in [0.3, 0.4) is 0 Å². The van der Waals surface area contributed by atoms with Crippen LogP contribution in [0.15, 0.2) is 42.5 Å². The molecule has 1 saturated heterocycles. The van der Waals surface area contributed by atoms with Crippen LogP contribution in [0.2, 0.25) is 0 Å². The second-order valence-electron chi connectivity index (χ2n) is 7.29. The van der Waals surface area contributed by atoms with Crippen molar-refractivity contribution in [1.82, 2.24) is 4.90 Å². The normalized spacial score (nSPS) is 21.9. The molecule has 0 saturated carbocycles. The van der Waals surface area contributed by atoms with Gasteiger partial charge in [-0.25, -0.2) is 4.79 Å². The number of aryl methyl sites for hydroxylation is 1. The van der Waals surface area contributed by atoms with E-state index in [1.165, 1.54) is 11.1 Å². The molecule has 0 bridgehead atoms. The zero-order valence-corrected chi connectivity index (χ0v) is 15.5. The van der Waals surface area contributed by atoms with E-state index in [-0.39, 0.29) is 12.1 Å². The quantitative estimate of drug-likeness (QED) is 0.894. The molecule has 4 rings (SSSR count). The molecule has 2 aliphatic heterocycles. The highest BCUT2D eigenvalue weighted by atomic mass is 16.5. The number of rotatable bonds is 2. The van der Waals surface area contributed by atoms with Crippen LogP contribution in [0.5, 0.6) is 5.75 Å². The van der Waals surface area contributed by atoms with E-state index in [1.807, 2.05) is 29.2 Å². The average Bonchev–Trinajstić information content (AvgIpc) is 2.95. The summed E-state index contributed by atoms with van der Waals surface area (Å²) in [6.45, 7) is 4.10. The Balaban J connectivity index is 1.68. The second-order valence-corrected chi connectivity index (χ2v) is 7.29. The predicted molar refractivity (Wildman–Crippen MR) is 104 cm³/mol. The topological polar surface area (TPSA) is 44.8 Å². The lowest BCUT2D eigenvalue weighted by atomic mass is 9.89. The van der Waals surface area contributed by atoms with Crippen molar-refractivity contribution in [2.45, 2.75) is 25.3 Å². The molecular formula is C21H25N3O2. The number of carbonyl (C=O) groups is 1. The maximum Gasteiger partial charge on any atom is 0.326 e. The Hall–Kier alpha value is -2.53. The van der Waals surface area contributed by atoms with Crippen LogP contribution < -0.4 is 15.0 Å². The van der Waals surface area contributed by atoms with E-state index in [2.05, 4.69) is 42.4 Å². The molecule has 2 aromatic rings. The fraction of sp³-hybridized carbons (Fsp3) is 0.381. The number of anilines is 2. The lowest BCUT2D eigenvalue weighted by Crippen LogP contribution is -2.48. The van der Waals surface area contributed by atoms with Crippen LogP contribution in [0.4, 0.5) is 16.2 Å². The third kappa shape index (κ3) is 2.82. The molecule has 2 atom stereocenters. The van der Waals surface area contributed by atoms with E-state index in [4.69, 9.17) is 4.74 Å². The first-order valence-electron chi connectivity index (χ1n) is 9.11. The van der Waals surface area contributed by atoms with E-state index in [1.54, 1.807) is 7.11 Å². The van der Waals surface area contributed by atoms with Crippen LogP contribution in [0.1, 0.15) is 23.5 Å². The van der Waals surface area contributed by atoms with Gasteiger partial charge in [-0.1, -0.05) is 29.8 Å². The summed E-state index contributed by atoms with van der Waals surface area (Å²) in [5.74, 6) is 1.04. The Morgan fingerprint density at radius 2 is 2.04 bits per heavy atom. The third-order valence-electron chi connectivity index (χ3n) is 5.52. The number of methoxy groups -OCH3 is 1. The molecule has 5 nitrogen and oxygen atoms in total. The zero-order valence-electron chi connectivity index (χ0n) is 15.5. The summed E-state index contributed by atoms with van der Waals surface area (Å²) in [5.41, 5.74) is 4.26. The number of ether oxygens (including phenoxy) is 1. The molecule has 0 radical (unpaired) electrons. The molecule has 0 spiro atoms. The van der Waals surface area contributed by atoms with E-state index < -0.39 is 0 Å². The summed E-state index contributed by atoms with van der Waals surface area (Å²) in [7, 11) is 3.77. The predicted octanol–water partition coefficient (Wildman–Crippen LogP) is 3.84. The van der Waals surface area contributed by atoms with Crippen molar-refractivity contribution in [3.8, 4) is 5.75 Å². The first kappa shape index (κ1) is 16.9. The molecule has 26 heavy (non-hydrogen) atoms. The number of piperidine rings is 1. The van der Waals surface area contributed by atoms with Crippen molar-refractivity contribution in [1.29, 1.82) is 0 Å². The lowest BCUT2D eigenvalue weighted by molar-refractivity contribution is 0.224. The van der Waals surface area contributed by atoms with Crippen molar-refractivity contribution in [2.75, 3.05) is 37.5 Å². The van der Waals surface area contributed by atoms with Gasteiger partial charge in [-0.05, 0) is 50.7 Å². The first-order valence-corrected chi connectivity index (χ1v) is 9.11. The summed E-state index contributed by atoms with van der Waals surface area (Å²) in [6.07, 6.45) is 0.980. The van der Waals surface area contributed by atoms with Gasteiger partial charge in [0.15, 0.2) is 0 Å². The monoisotopic (exact) mass is 351 g/mol. The summed E-state index contributed by atoms with van der Waals surface area (Å²) >= 11 is 0. The van der Waals surface area contributed by atoms with Crippen LogP contribution >= 0.6 is 0 Å². The van der Waals surface area contributed by atoms with E-state index in [0.29, 0.717) is 17.4 Å². The van der Waals surface area contributed by atoms with Gasteiger partial charge in [0.1, 0.15) is 5.75 Å². The smallest absolute Gasteiger partial charge is 0.326 e. The van der Waals surface area contributed by atoms with Gasteiger partial charge in [0.05, 0.1) is 12.8 Å². The molecular weight excluding hydrogens is 326 g/mol. The van der Waals surface area contributed by atoms with E-state index in [9.17, 15) is 4.79 Å². The van der Waals surface area contributed by atoms with Crippen LogP contribution in [-0.2, 0) is 0 Å². The minimum absolute atomic E-state index is 0.0864. The van der Waals surface area contributed by atoms with Crippen LogP contribution in [0.25, 0.3) is 0 Å². The average molecular weight is 351 g/mol. The molecule has 2 heterocycles. The zero-order chi connectivity index (χ0) is 18.3. The number of benzene rings is 2. The van der Waals surface area contributed by atoms with E-state index in [0.717, 1.165) is 25.2 Å². The second kappa shape index (κ2) is 6.65. The molecule has 1 fully saturated rings. The number of nitrogens with one attached hydrogen (secondary N) is 1. The molecule has 5 heteroatoms. The molecule has 0 aromatic heterocycles. The Kier molecular flexibility index (Phi) is 4.32. The first-order chi connectivity index (χ1) is 12.6. The van der Waals surface area contributed by atoms with Crippen LogP contribution in [0, 0.1) is 6.92 Å². The van der Waals surface area contributed by atoms with Gasteiger partial charge in [0, 0.05) is 24.2 Å². The van der Waals surface area contributed by atoms with Crippen molar-refractivity contribution in [3.63, 3.8) is 0 Å². The Morgan fingerprint density at radius 1 is 1.23 bits per heavy atom. The van der Waals surface area contributed by atoms with Gasteiger partial charge in [-0.3, -0.25) is 4.90 Å². The maximum atomic E-state index is 13.2. The number of hydrogen-bond donors (Lipinski definition) is 1. The summed E-state index contributed by atoms with van der Waals surface area (Å²) < 4.78 is 5.37. The molecule has 2 aliphatic rings. The van der Waals surface area contributed by atoms with Crippen molar-refractivity contribution >= 4 is 17.4 Å². The van der Waals surface area contributed by atoms with Gasteiger partial charge in [-0.15, -0.1) is 0 Å². The van der Waals surface area contributed by atoms with Crippen molar-refractivity contribution in [2.24, 2.45) is 0 Å². The van der Waals surface area contributed by atoms with Gasteiger partial charge in [-0.2, -0.15) is 0 Å². The highest BCUT2D eigenvalue weighted by Gasteiger charge is 2.44. The van der Waals surface area contributed by atoms with Crippen LogP contribution in [-0.4, -0.2) is 44.2 Å². The number of amides is 2. The molecule has 0 aliphatic carbocycles. The number of hydrogen-bond acceptors (Lipinski definition) is 3. The number of nitrogens with zero attached hydrogens (tertiary/aromatic N) is 2. The number of likely N-dealkylation sites (N-methyl/N-ethyl adjacent to an activating group) is 1. The number of carbonyl (C=O) groups excluding carboxylic acids is 1. The number of para-hydroxylation sites is 2. The largest absolute Gasteiger partial charge is 0.495 e. The Bertz CT molecular complexity index is 836. The third-order valence-corrected chi connectivity index (χ3v) is 5.52. The molecule has 2 aromatic carbocycles. The fourth-order valence-electron chi connectivity index (χ4n) is 4.27. The van der Waals surface area contributed by atoms with Crippen molar-refractivity contribution < 1.29 is 9.53 Å². The summed E-state index contributed by atoms with van der Waals surface area (Å²) in [6, 6.07) is 14.1. The lowest BCUT2D eigenvalue weighted by Gasteiger charge is -2.36. The highest BCUT2D eigenvalue weighted by molar-refractivity contribution is 6.04. The number of urea groups is 1. The van der Waals surface area contributed by atoms with Gasteiger partial charge >= 0.3 is 6.03 Å². The minimum atomic E-state index is -0.0864. The standard InChI is InChI=1S/C21H25N3O2/c1-14-8-9-18-15(12-14)16-13-23(2)11-10-19(16)24(18)21(25)22-17-6-4-5-7-20(17)26-3/h4-9,12,16,19H,10-11,13H2,1-3H3,(H,22,25)/t16-,19-/m1/s1.